The molecular weight excluding hydrogens is 316 g/mol. The molecule has 0 aliphatic heterocycles. The summed E-state index contributed by atoms with van der Waals surface area (Å²) in [7, 11) is 0. The molecule has 130 valence electrons. The van der Waals surface area contributed by atoms with Crippen molar-refractivity contribution in [3.8, 4) is 11.5 Å². The maximum absolute atomic E-state index is 10.9. The summed E-state index contributed by atoms with van der Waals surface area (Å²) in [5, 5.41) is 0. The van der Waals surface area contributed by atoms with E-state index in [0.29, 0.717) is 24.6 Å². The zero-order valence-corrected chi connectivity index (χ0v) is 13.2. The van der Waals surface area contributed by atoms with Crippen LogP contribution in [-0.4, -0.2) is 38.2 Å². The van der Waals surface area contributed by atoms with E-state index in [4.69, 9.17) is 19.1 Å². The number of nitrogens with one attached hydrogen (secondary N) is 2. The number of hydrogen-bond acceptors (Lipinski definition) is 8. The Labute approximate surface area is 139 Å². The number of para-hydroxylation sites is 2. The first-order chi connectivity index (χ1) is 11.7. The number of ether oxygens (including phenoxy) is 2. The molecule has 0 saturated carbocycles. The Morgan fingerprint density at radius 3 is 1.67 bits per heavy atom. The van der Waals surface area contributed by atoms with Gasteiger partial charge in [-0.15, -0.1) is 0 Å². The predicted octanol–water partition coefficient (Wildman–Crippen LogP) is 0.912. The number of rotatable bonds is 12. The molecule has 0 radical (unpaired) electrons. The SMILES string of the molecule is C=CC(=O)OCCNOc1ccccc1ONCCOC(=O)C=C. The standard InChI is InChI=1S/C16H20N2O6/c1-3-15(19)21-11-9-17-23-13-7-5-6-8-14(13)24-18-10-12-22-16(20)4-2/h3-8,17-18H,1-2,9-12H2. The highest BCUT2D eigenvalue weighted by molar-refractivity contribution is 5.81. The summed E-state index contributed by atoms with van der Waals surface area (Å²) >= 11 is 0. The van der Waals surface area contributed by atoms with Gasteiger partial charge in [0.05, 0.1) is 13.1 Å². The van der Waals surface area contributed by atoms with Gasteiger partial charge >= 0.3 is 11.9 Å². The van der Waals surface area contributed by atoms with Crippen molar-refractivity contribution in [1.82, 2.24) is 11.0 Å². The smallest absolute Gasteiger partial charge is 0.330 e. The highest BCUT2D eigenvalue weighted by atomic mass is 16.7. The van der Waals surface area contributed by atoms with Gasteiger partial charge in [0.15, 0.2) is 11.5 Å². The summed E-state index contributed by atoms with van der Waals surface area (Å²) in [5.41, 5.74) is 5.29. The van der Waals surface area contributed by atoms with Crippen molar-refractivity contribution in [2.75, 3.05) is 26.3 Å². The minimum absolute atomic E-state index is 0.140. The fourth-order valence-corrected chi connectivity index (χ4v) is 1.38. The number of benzene rings is 1. The molecule has 0 heterocycles. The molecule has 0 spiro atoms. The molecule has 0 fully saturated rings. The Bertz CT molecular complexity index is 512. The molecule has 24 heavy (non-hydrogen) atoms. The quantitative estimate of drug-likeness (QED) is 0.252. The second-order valence-electron chi connectivity index (χ2n) is 4.18. The number of esters is 2. The molecule has 0 amide bonds. The summed E-state index contributed by atoms with van der Waals surface area (Å²) in [6.45, 7) is 7.45. The van der Waals surface area contributed by atoms with E-state index in [1.165, 1.54) is 0 Å². The Balaban J connectivity index is 2.28. The fraction of sp³-hybridized carbons (Fsp3) is 0.250. The van der Waals surface area contributed by atoms with Gasteiger partial charge in [0, 0.05) is 12.2 Å². The van der Waals surface area contributed by atoms with Crippen LogP contribution < -0.4 is 20.6 Å². The summed E-state index contributed by atoms with van der Waals surface area (Å²) in [5.74, 6) is -0.130. The van der Waals surface area contributed by atoms with Gasteiger partial charge in [-0.05, 0) is 12.1 Å². The highest BCUT2D eigenvalue weighted by Gasteiger charge is 2.05. The van der Waals surface area contributed by atoms with Gasteiger partial charge in [-0.25, -0.2) is 9.59 Å². The van der Waals surface area contributed by atoms with Crippen LogP contribution in [0.25, 0.3) is 0 Å². The van der Waals surface area contributed by atoms with Crippen molar-refractivity contribution in [2.24, 2.45) is 0 Å². The van der Waals surface area contributed by atoms with Crippen LogP contribution in [0.15, 0.2) is 49.6 Å². The lowest BCUT2D eigenvalue weighted by Gasteiger charge is -2.12. The predicted molar refractivity (Wildman–Crippen MR) is 86.0 cm³/mol. The Morgan fingerprint density at radius 2 is 1.29 bits per heavy atom. The van der Waals surface area contributed by atoms with Gasteiger partial charge in [0.1, 0.15) is 13.2 Å². The van der Waals surface area contributed by atoms with Crippen LogP contribution in [0, 0.1) is 0 Å². The molecule has 0 aromatic heterocycles. The summed E-state index contributed by atoms with van der Waals surface area (Å²) in [6.07, 6.45) is 2.17. The van der Waals surface area contributed by atoms with E-state index in [1.807, 2.05) is 0 Å². The van der Waals surface area contributed by atoms with E-state index in [0.717, 1.165) is 12.2 Å². The van der Waals surface area contributed by atoms with Crippen LogP contribution in [0.4, 0.5) is 0 Å². The summed E-state index contributed by atoms with van der Waals surface area (Å²) < 4.78 is 9.58. The van der Waals surface area contributed by atoms with Crippen LogP contribution in [0.3, 0.4) is 0 Å². The van der Waals surface area contributed by atoms with Gasteiger partial charge in [-0.3, -0.25) is 0 Å². The zero-order chi connectivity index (χ0) is 17.6. The topological polar surface area (TPSA) is 95.1 Å². The van der Waals surface area contributed by atoms with E-state index in [9.17, 15) is 9.59 Å². The number of carbonyl (C=O) groups is 2. The fourth-order valence-electron chi connectivity index (χ4n) is 1.38. The summed E-state index contributed by atoms with van der Waals surface area (Å²) in [4.78, 5) is 32.4. The molecule has 1 aromatic carbocycles. The van der Waals surface area contributed by atoms with Crippen LogP contribution in [-0.2, 0) is 19.1 Å². The van der Waals surface area contributed by atoms with E-state index in [1.54, 1.807) is 24.3 Å². The number of carbonyl (C=O) groups excluding carboxylic acids is 2. The van der Waals surface area contributed by atoms with Crippen molar-refractivity contribution in [3.05, 3.63) is 49.6 Å². The maximum Gasteiger partial charge on any atom is 0.330 e. The normalized spacial score (nSPS) is 9.67. The molecule has 0 bridgehead atoms. The van der Waals surface area contributed by atoms with Crippen molar-refractivity contribution < 1.29 is 28.7 Å². The Kier molecular flexibility index (Phi) is 9.36. The van der Waals surface area contributed by atoms with Crippen LogP contribution in [0.2, 0.25) is 0 Å². The number of hydrogen-bond donors (Lipinski definition) is 2. The zero-order valence-electron chi connectivity index (χ0n) is 13.2. The van der Waals surface area contributed by atoms with Gasteiger partial charge in [-0.1, -0.05) is 25.3 Å². The Morgan fingerprint density at radius 1 is 0.875 bits per heavy atom. The lowest BCUT2D eigenvalue weighted by molar-refractivity contribution is -0.138. The lowest BCUT2D eigenvalue weighted by atomic mass is 10.3. The molecule has 0 aliphatic rings. The number of hydroxylamine groups is 2. The minimum Gasteiger partial charge on any atom is -0.461 e. The van der Waals surface area contributed by atoms with Crippen molar-refractivity contribution in [3.63, 3.8) is 0 Å². The minimum atomic E-state index is -0.498. The third kappa shape index (κ3) is 7.97. The molecule has 8 nitrogen and oxygen atoms in total. The average Bonchev–Trinajstić information content (AvgIpc) is 2.61. The molecule has 0 unspecified atom stereocenters. The van der Waals surface area contributed by atoms with Crippen molar-refractivity contribution in [1.29, 1.82) is 0 Å². The van der Waals surface area contributed by atoms with Crippen molar-refractivity contribution in [2.45, 2.75) is 0 Å². The molecule has 0 aliphatic carbocycles. The molecule has 1 aromatic rings. The second-order valence-corrected chi connectivity index (χ2v) is 4.18. The molecule has 0 atom stereocenters. The first kappa shape index (κ1) is 19.2. The van der Waals surface area contributed by atoms with E-state index >= 15 is 0 Å². The molecule has 0 saturated heterocycles. The van der Waals surface area contributed by atoms with Gasteiger partial charge in [-0.2, -0.15) is 11.0 Å². The largest absolute Gasteiger partial charge is 0.461 e. The third-order valence-electron chi connectivity index (χ3n) is 2.44. The average molecular weight is 336 g/mol. The first-order valence-electron chi connectivity index (χ1n) is 7.14. The molecule has 1 rings (SSSR count). The van der Waals surface area contributed by atoms with Gasteiger partial charge in [0.2, 0.25) is 0 Å². The highest BCUT2D eigenvalue weighted by Crippen LogP contribution is 2.24. The molecule has 8 heteroatoms. The van der Waals surface area contributed by atoms with Gasteiger partial charge < -0.3 is 19.1 Å². The van der Waals surface area contributed by atoms with Crippen LogP contribution in [0.1, 0.15) is 0 Å². The van der Waals surface area contributed by atoms with E-state index in [-0.39, 0.29) is 13.2 Å². The van der Waals surface area contributed by atoms with E-state index in [2.05, 4.69) is 24.1 Å². The first-order valence-corrected chi connectivity index (χ1v) is 7.14. The summed E-state index contributed by atoms with van der Waals surface area (Å²) in [6, 6.07) is 6.93. The van der Waals surface area contributed by atoms with Crippen LogP contribution >= 0.6 is 0 Å². The van der Waals surface area contributed by atoms with Crippen molar-refractivity contribution >= 4 is 11.9 Å². The maximum atomic E-state index is 10.9. The third-order valence-corrected chi connectivity index (χ3v) is 2.44. The van der Waals surface area contributed by atoms with Gasteiger partial charge in [0.25, 0.3) is 0 Å². The lowest BCUT2D eigenvalue weighted by Crippen LogP contribution is -2.26. The van der Waals surface area contributed by atoms with Crippen LogP contribution in [0.5, 0.6) is 11.5 Å². The monoisotopic (exact) mass is 336 g/mol. The van der Waals surface area contributed by atoms with E-state index < -0.39 is 11.9 Å². The molecule has 2 N–H and O–H groups in total. The Hall–Kier alpha value is -2.84. The molecular formula is C16H20N2O6. The second kappa shape index (κ2) is 11.7.